The first-order valence-electron chi connectivity index (χ1n) is 8.39. The van der Waals surface area contributed by atoms with Crippen LogP contribution in [0.3, 0.4) is 0 Å². The smallest absolute Gasteiger partial charge is 0.277 e. The topological polar surface area (TPSA) is 81.2 Å². The molecule has 0 aromatic carbocycles. The van der Waals surface area contributed by atoms with E-state index in [1.807, 2.05) is 13.8 Å². The Bertz CT molecular complexity index is 697. The normalized spacial score (nSPS) is 22.3. The number of carbonyl (C=O) groups is 1. The number of rotatable bonds is 5. The zero-order valence-corrected chi connectivity index (χ0v) is 15.1. The van der Waals surface area contributed by atoms with Gasteiger partial charge in [0, 0.05) is 6.04 Å². The van der Waals surface area contributed by atoms with E-state index >= 15 is 0 Å². The molecule has 1 fully saturated rings. The summed E-state index contributed by atoms with van der Waals surface area (Å²) in [6.07, 6.45) is 6.28. The van der Waals surface area contributed by atoms with Crippen LogP contribution in [0, 0.1) is 12.8 Å². The molecule has 1 aliphatic rings. The maximum Gasteiger partial charge on any atom is 0.277 e. The molecule has 6 nitrogen and oxygen atoms in total. The van der Waals surface area contributed by atoms with Crippen LogP contribution in [-0.2, 0) is 4.79 Å². The minimum absolute atomic E-state index is 0.0259. The van der Waals surface area contributed by atoms with Crippen molar-refractivity contribution in [3.63, 3.8) is 0 Å². The third-order valence-corrected chi connectivity index (χ3v) is 5.52. The summed E-state index contributed by atoms with van der Waals surface area (Å²) >= 11 is 1.28. The molecule has 130 valence electrons. The molecule has 3 rings (SSSR count). The Morgan fingerprint density at radius 3 is 2.88 bits per heavy atom. The van der Waals surface area contributed by atoms with Gasteiger partial charge >= 0.3 is 0 Å². The average Bonchev–Trinajstić information content (AvgIpc) is 3.18. The van der Waals surface area contributed by atoms with Crippen LogP contribution in [0.2, 0.25) is 0 Å². The van der Waals surface area contributed by atoms with Gasteiger partial charge in [0.1, 0.15) is 5.76 Å². The number of aryl methyl sites for hydroxylation is 1. The van der Waals surface area contributed by atoms with Crippen LogP contribution in [-0.4, -0.2) is 27.4 Å². The lowest BCUT2D eigenvalue weighted by atomic mass is 9.86. The van der Waals surface area contributed by atoms with E-state index in [-0.39, 0.29) is 17.2 Å². The van der Waals surface area contributed by atoms with Gasteiger partial charge in [-0.15, -0.1) is 10.2 Å². The average molecular weight is 349 g/mol. The number of furan rings is 1. The maximum absolute atomic E-state index is 12.4. The summed E-state index contributed by atoms with van der Waals surface area (Å²) in [7, 11) is 0. The summed E-state index contributed by atoms with van der Waals surface area (Å²) < 4.78 is 10.9. The van der Waals surface area contributed by atoms with Gasteiger partial charge in [0.25, 0.3) is 11.1 Å². The number of hydrogen-bond acceptors (Lipinski definition) is 6. The standard InChI is InChI=1S/C17H23N3O3S/c1-10-6-4-5-7-14(10)18-15(21)12(3)24-17-20-19-16(23-17)13-8-9-22-11(13)2/h8-10,12,14H,4-7H2,1-3H3,(H,18,21)/t10-,12+,14-/m0/s1. The van der Waals surface area contributed by atoms with E-state index in [1.54, 1.807) is 12.3 Å². The first-order valence-corrected chi connectivity index (χ1v) is 9.27. The van der Waals surface area contributed by atoms with Gasteiger partial charge in [-0.2, -0.15) is 0 Å². The van der Waals surface area contributed by atoms with Crippen LogP contribution in [0.15, 0.2) is 26.4 Å². The maximum atomic E-state index is 12.4. The first-order chi connectivity index (χ1) is 11.5. The molecule has 0 bridgehead atoms. The molecule has 0 aliphatic heterocycles. The Hall–Kier alpha value is -1.76. The van der Waals surface area contributed by atoms with Crippen LogP contribution >= 0.6 is 11.8 Å². The highest BCUT2D eigenvalue weighted by Crippen LogP contribution is 2.29. The number of nitrogens with one attached hydrogen (secondary N) is 1. The zero-order chi connectivity index (χ0) is 17.1. The summed E-state index contributed by atoms with van der Waals surface area (Å²) in [5, 5.41) is 11.3. The van der Waals surface area contributed by atoms with Crippen molar-refractivity contribution < 1.29 is 13.6 Å². The lowest BCUT2D eigenvalue weighted by molar-refractivity contribution is -0.121. The molecule has 1 aliphatic carbocycles. The Kier molecular flexibility index (Phi) is 5.28. The second-order valence-electron chi connectivity index (χ2n) is 6.40. The monoisotopic (exact) mass is 349 g/mol. The van der Waals surface area contributed by atoms with Gasteiger partial charge in [-0.05, 0) is 38.7 Å². The highest BCUT2D eigenvalue weighted by atomic mass is 32.2. The number of aromatic nitrogens is 2. The highest BCUT2D eigenvalue weighted by molar-refractivity contribution is 8.00. The van der Waals surface area contributed by atoms with E-state index in [2.05, 4.69) is 22.4 Å². The Labute approximate surface area is 145 Å². The van der Waals surface area contributed by atoms with Gasteiger partial charge < -0.3 is 14.2 Å². The summed E-state index contributed by atoms with van der Waals surface area (Å²) in [5.74, 6) is 1.71. The number of hydrogen-bond donors (Lipinski definition) is 1. The van der Waals surface area contributed by atoms with Crippen LogP contribution < -0.4 is 5.32 Å². The molecule has 0 saturated heterocycles. The van der Waals surface area contributed by atoms with Crippen LogP contribution in [0.5, 0.6) is 0 Å². The van der Waals surface area contributed by atoms with Crippen LogP contribution in [0.1, 0.15) is 45.3 Å². The lowest BCUT2D eigenvalue weighted by Gasteiger charge is -2.30. The van der Waals surface area contributed by atoms with Crippen molar-refractivity contribution in [1.29, 1.82) is 0 Å². The summed E-state index contributed by atoms with van der Waals surface area (Å²) in [6, 6.07) is 2.07. The van der Waals surface area contributed by atoms with Gasteiger partial charge in [0.05, 0.1) is 17.1 Å². The van der Waals surface area contributed by atoms with Crippen LogP contribution in [0.25, 0.3) is 11.5 Å². The molecular formula is C17H23N3O3S. The summed E-state index contributed by atoms with van der Waals surface area (Å²) in [5.41, 5.74) is 0.780. The lowest BCUT2D eigenvalue weighted by Crippen LogP contribution is -2.44. The fourth-order valence-corrected chi connectivity index (χ4v) is 3.70. The molecule has 1 amide bonds. The van der Waals surface area contributed by atoms with E-state index in [0.29, 0.717) is 17.0 Å². The fraction of sp³-hybridized carbons (Fsp3) is 0.588. The minimum Gasteiger partial charge on any atom is -0.469 e. The Morgan fingerprint density at radius 1 is 1.38 bits per heavy atom. The predicted molar refractivity (Wildman–Crippen MR) is 91.6 cm³/mol. The second-order valence-corrected chi connectivity index (χ2v) is 7.69. The van der Waals surface area contributed by atoms with E-state index in [1.165, 1.54) is 31.0 Å². The first kappa shape index (κ1) is 17.1. The molecule has 2 aromatic rings. The van der Waals surface area contributed by atoms with Crippen molar-refractivity contribution in [1.82, 2.24) is 15.5 Å². The van der Waals surface area contributed by atoms with Crippen molar-refractivity contribution in [2.75, 3.05) is 0 Å². The van der Waals surface area contributed by atoms with Crippen LogP contribution in [0.4, 0.5) is 0 Å². The Balaban J connectivity index is 1.58. The van der Waals surface area contributed by atoms with Gasteiger partial charge in [-0.1, -0.05) is 31.5 Å². The molecule has 2 heterocycles. The van der Waals surface area contributed by atoms with Crippen molar-refractivity contribution in [3.05, 3.63) is 18.1 Å². The summed E-state index contributed by atoms with van der Waals surface area (Å²) in [4.78, 5) is 12.4. The van der Waals surface area contributed by atoms with Gasteiger partial charge in [0.15, 0.2) is 0 Å². The van der Waals surface area contributed by atoms with Gasteiger partial charge in [-0.25, -0.2) is 0 Å². The van der Waals surface area contributed by atoms with E-state index < -0.39 is 0 Å². The molecule has 0 unspecified atom stereocenters. The zero-order valence-electron chi connectivity index (χ0n) is 14.2. The largest absolute Gasteiger partial charge is 0.469 e. The minimum atomic E-state index is -0.280. The molecular weight excluding hydrogens is 326 g/mol. The molecule has 24 heavy (non-hydrogen) atoms. The second kappa shape index (κ2) is 7.42. The molecule has 7 heteroatoms. The number of amides is 1. The fourth-order valence-electron chi connectivity index (χ4n) is 3.01. The molecule has 0 radical (unpaired) electrons. The quantitative estimate of drug-likeness (QED) is 0.827. The van der Waals surface area contributed by atoms with E-state index in [9.17, 15) is 4.79 Å². The SMILES string of the molecule is Cc1occc1-c1nnc(S[C@H](C)C(=O)N[C@H]2CCCC[C@@H]2C)o1. The number of thioether (sulfide) groups is 1. The summed E-state index contributed by atoms with van der Waals surface area (Å²) in [6.45, 7) is 5.91. The van der Waals surface area contributed by atoms with Crippen molar-refractivity contribution >= 4 is 17.7 Å². The predicted octanol–water partition coefficient (Wildman–Crippen LogP) is 3.81. The molecule has 1 saturated carbocycles. The van der Waals surface area contributed by atoms with Crippen molar-refractivity contribution in [2.24, 2.45) is 5.92 Å². The van der Waals surface area contributed by atoms with Crippen molar-refractivity contribution in [3.8, 4) is 11.5 Å². The third kappa shape index (κ3) is 3.83. The van der Waals surface area contributed by atoms with Gasteiger partial charge in [0.2, 0.25) is 5.91 Å². The van der Waals surface area contributed by atoms with Gasteiger partial charge in [-0.3, -0.25) is 4.79 Å². The highest BCUT2D eigenvalue weighted by Gasteiger charge is 2.26. The Morgan fingerprint density at radius 2 is 2.17 bits per heavy atom. The number of nitrogens with zero attached hydrogens (tertiary/aromatic N) is 2. The molecule has 0 spiro atoms. The molecule has 3 atom stereocenters. The van der Waals surface area contributed by atoms with E-state index in [4.69, 9.17) is 8.83 Å². The van der Waals surface area contributed by atoms with E-state index in [0.717, 1.165) is 17.7 Å². The molecule has 2 aromatic heterocycles. The third-order valence-electron chi connectivity index (χ3n) is 4.58. The number of carbonyl (C=O) groups excluding carboxylic acids is 1. The molecule has 1 N–H and O–H groups in total. The van der Waals surface area contributed by atoms with Crippen molar-refractivity contribution in [2.45, 2.75) is 63.0 Å².